The first-order valence-electron chi connectivity index (χ1n) is 5.63. The molecule has 104 valence electrons. The molecule has 1 aromatic carbocycles. The van der Waals surface area contributed by atoms with Gasteiger partial charge in [0.1, 0.15) is 5.75 Å². The highest BCUT2D eigenvalue weighted by atomic mass is 16.6. The van der Waals surface area contributed by atoms with Crippen molar-refractivity contribution in [3.63, 3.8) is 0 Å². The van der Waals surface area contributed by atoms with Gasteiger partial charge in [-0.15, -0.1) is 0 Å². The topological polar surface area (TPSA) is 98.9 Å². The number of methoxy groups -OCH3 is 1. The number of hydrogen-bond donors (Lipinski definition) is 1. The van der Waals surface area contributed by atoms with Crippen LogP contribution in [0.1, 0.15) is 23.7 Å². The minimum atomic E-state index is -1.39. The molecule has 7 nitrogen and oxygen atoms in total. The Hall–Kier alpha value is -2.15. The second-order valence-corrected chi connectivity index (χ2v) is 3.92. The number of nitrogens with zero attached hydrogens (tertiary/aromatic N) is 1. The van der Waals surface area contributed by atoms with E-state index in [1.807, 2.05) is 0 Å². The van der Waals surface area contributed by atoms with Gasteiger partial charge < -0.3 is 14.6 Å². The average molecular weight is 269 g/mol. The molecule has 1 rings (SSSR count). The van der Waals surface area contributed by atoms with Gasteiger partial charge in [0, 0.05) is 26.2 Å². The summed E-state index contributed by atoms with van der Waals surface area (Å²) in [4.78, 5) is 21.2. The van der Waals surface area contributed by atoms with Gasteiger partial charge in [-0.3, -0.25) is 10.1 Å². The van der Waals surface area contributed by atoms with E-state index in [-0.39, 0.29) is 11.9 Å². The van der Waals surface area contributed by atoms with Crippen LogP contribution in [-0.4, -0.2) is 35.8 Å². The van der Waals surface area contributed by atoms with Gasteiger partial charge in [-0.25, -0.2) is 4.79 Å². The Balaban J connectivity index is 3.03. The predicted octanol–water partition coefficient (Wildman–Crippen LogP) is 2.10. The van der Waals surface area contributed by atoms with E-state index < -0.39 is 22.1 Å². The lowest BCUT2D eigenvalue weighted by Gasteiger charge is -2.15. The molecule has 0 saturated carbocycles. The largest absolute Gasteiger partial charge is 0.489 e. The second-order valence-electron chi connectivity index (χ2n) is 3.92. The van der Waals surface area contributed by atoms with Gasteiger partial charge in [0.05, 0.1) is 11.0 Å². The smallest absolute Gasteiger partial charge is 0.346 e. The third kappa shape index (κ3) is 3.92. The predicted molar refractivity (Wildman–Crippen MR) is 66.6 cm³/mol. The van der Waals surface area contributed by atoms with Crippen LogP contribution in [0, 0.1) is 10.1 Å². The van der Waals surface area contributed by atoms with Crippen LogP contribution in [-0.2, 0) is 4.74 Å². The molecule has 0 amide bonds. The Morgan fingerprint density at radius 3 is 2.74 bits per heavy atom. The van der Waals surface area contributed by atoms with Crippen LogP contribution in [0.3, 0.4) is 0 Å². The molecule has 1 aromatic rings. The molecule has 0 aliphatic carbocycles. The Morgan fingerprint density at radius 2 is 2.21 bits per heavy atom. The van der Waals surface area contributed by atoms with E-state index >= 15 is 0 Å². The van der Waals surface area contributed by atoms with Crippen molar-refractivity contribution in [3.05, 3.63) is 33.9 Å². The molecular formula is C12H15NO6. The molecule has 0 aliphatic heterocycles. The summed E-state index contributed by atoms with van der Waals surface area (Å²) in [5.74, 6) is -1.40. The molecule has 1 atom stereocenters. The van der Waals surface area contributed by atoms with Crippen LogP contribution in [0.25, 0.3) is 0 Å². The van der Waals surface area contributed by atoms with Crippen molar-refractivity contribution in [2.45, 2.75) is 19.4 Å². The van der Waals surface area contributed by atoms with E-state index in [1.54, 1.807) is 14.0 Å². The number of nitro groups is 1. The summed E-state index contributed by atoms with van der Waals surface area (Å²) in [6.45, 7) is 2.20. The molecule has 0 aliphatic rings. The number of carboxylic acids is 1. The van der Waals surface area contributed by atoms with Crippen molar-refractivity contribution < 1.29 is 24.3 Å². The molecule has 0 fully saturated rings. The summed E-state index contributed by atoms with van der Waals surface area (Å²) in [6.07, 6.45) is 0.248. The number of ether oxygens (including phenoxy) is 2. The van der Waals surface area contributed by atoms with Crippen molar-refractivity contribution in [2.24, 2.45) is 0 Å². The lowest BCUT2D eigenvalue weighted by Crippen LogP contribution is -2.16. The zero-order chi connectivity index (χ0) is 14.4. The molecule has 0 aromatic heterocycles. The lowest BCUT2D eigenvalue weighted by molar-refractivity contribution is -0.385. The van der Waals surface area contributed by atoms with E-state index in [4.69, 9.17) is 14.6 Å². The van der Waals surface area contributed by atoms with Gasteiger partial charge >= 0.3 is 5.97 Å². The summed E-state index contributed by atoms with van der Waals surface area (Å²) in [6, 6.07) is 3.93. The molecule has 1 N–H and O–H groups in total. The van der Waals surface area contributed by atoms with E-state index in [0.29, 0.717) is 13.0 Å². The highest BCUT2D eigenvalue weighted by Gasteiger charge is 2.25. The monoisotopic (exact) mass is 269 g/mol. The van der Waals surface area contributed by atoms with Gasteiger partial charge in [-0.05, 0) is 13.0 Å². The highest BCUT2D eigenvalue weighted by Crippen LogP contribution is 2.29. The van der Waals surface area contributed by atoms with Gasteiger partial charge in [0.15, 0.2) is 5.56 Å². The van der Waals surface area contributed by atoms with Crippen molar-refractivity contribution in [2.75, 3.05) is 13.7 Å². The van der Waals surface area contributed by atoms with Crippen LogP contribution in [0.5, 0.6) is 5.75 Å². The van der Waals surface area contributed by atoms with Gasteiger partial charge in [-0.1, -0.05) is 6.07 Å². The first kappa shape index (κ1) is 14.9. The quantitative estimate of drug-likeness (QED) is 0.601. The molecular weight excluding hydrogens is 254 g/mol. The molecule has 0 bridgehead atoms. The minimum Gasteiger partial charge on any atom is -0.489 e. The van der Waals surface area contributed by atoms with Crippen molar-refractivity contribution in [3.8, 4) is 5.75 Å². The zero-order valence-electron chi connectivity index (χ0n) is 10.7. The molecule has 0 spiro atoms. The Labute approximate surface area is 109 Å². The van der Waals surface area contributed by atoms with E-state index in [1.165, 1.54) is 12.1 Å². The van der Waals surface area contributed by atoms with Crippen molar-refractivity contribution in [1.82, 2.24) is 0 Å². The van der Waals surface area contributed by atoms with Gasteiger partial charge in [0.2, 0.25) is 0 Å². The van der Waals surface area contributed by atoms with Gasteiger partial charge in [0.25, 0.3) is 5.69 Å². The molecule has 0 saturated heterocycles. The summed E-state index contributed by atoms with van der Waals surface area (Å²) in [7, 11) is 1.54. The Kier molecular flexibility index (Phi) is 5.25. The summed E-state index contributed by atoms with van der Waals surface area (Å²) in [5.41, 5.74) is -0.916. The first-order chi connectivity index (χ1) is 8.97. The van der Waals surface area contributed by atoms with Crippen molar-refractivity contribution in [1.29, 1.82) is 0 Å². The third-order valence-electron chi connectivity index (χ3n) is 2.47. The minimum absolute atomic E-state index is 0.00898. The number of hydrogen-bond acceptors (Lipinski definition) is 5. The Morgan fingerprint density at radius 1 is 1.53 bits per heavy atom. The van der Waals surface area contributed by atoms with E-state index in [9.17, 15) is 14.9 Å². The maximum absolute atomic E-state index is 11.1. The molecule has 0 radical (unpaired) electrons. The normalized spacial score (nSPS) is 11.9. The molecule has 1 unspecified atom stereocenters. The van der Waals surface area contributed by atoms with Crippen LogP contribution in [0.2, 0.25) is 0 Å². The zero-order valence-corrected chi connectivity index (χ0v) is 10.7. The first-order valence-corrected chi connectivity index (χ1v) is 5.63. The third-order valence-corrected chi connectivity index (χ3v) is 2.47. The van der Waals surface area contributed by atoms with Crippen LogP contribution < -0.4 is 4.74 Å². The fraction of sp³-hybridized carbons (Fsp3) is 0.417. The maximum Gasteiger partial charge on any atom is 0.346 e. The fourth-order valence-electron chi connectivity index (χ4n) is 1.54. The van der Waals surface area contributed by atoms with Crippen LogP contribution in [0.15, 0.2) is 18.2 Å². The number of carbonyl (C=O) groups is 1. The van der Waals surface area contributed by atoms with Crippen LogP contribution in [0.4, 0.5) is 5.69 Å². The summed E-state index contributed by atoms with van der Waals surface area (Å²) >= 11 is 0. The molecule has 0 heterocycles. The lowest BCUT2D eigenvalue weighted by atomic mass is 10.1. The molecule has 7 heteroatoms. The fourth-order valence-corrected chi connectivity index (χ4v) is 1.54. The highest BCUT2D eigenvalue weighted by molar-refractivity contribution is 5.95. The van der Waals surface area contributed by atoms with Crippen LogP contribution >= 0.6 is 0 Å². The van der Waals surface area contributed by atoms with E-state index in [2.05, 4.69) is 0 Å². The molecule has 19 heavy (non-hydrogen) atoms. The number of benzene rings is 1. The number of rotatable bonds is 7. The average Bonchev–Trinajstić information content (AvgIpc) is 2.35. The maximum atomic E-state index is 11.1. The second kappa shape index (κ2) is 6.69. The SMILES string of the molecule is COCCC(C)Oc1cccc([N+](=O)[O-])c1C(=O)O. The van der Waals surface area contributed by atoms with Gasteiger partial charge in [-0.2, -0.15) is 0 Å². The summed E-state index contributed by atoms with van der Waals surface area (Å²) in [5, 5.41) is 19.9. The number of aromatic carboxylic acids is 1. The number of nitro benzene ring substituents is 1. The Bertz CT molecular complexity index is 473. The van der Waals surface area contributed by atoms with E-state index in [0.717, 1.165) is 6.07 Å². The number of carboxylic acid groups (broad SMARTS) is 1. The summed E-state index contributed by atoms with van der Waals surface area (Å²) < 4.78 is 10.3. The van der Waals surface area contributed by atoms with Crippen molar-refractivity contribution >= 4 is 11.7 Å². The standard InChI is InChI=1S/C12H15NO6/c1-8(6-7-18-2)19-10-5-3-4-9(13(16)17)11(10)12(14)15/h3-5,8H,6-7H2,1-2H3,(H,14,15).